The van der Waals surface area contributed by atoms with Crippen molar-refractivity contribution in [2.75, 3.05) is 33.8 Å². The smallest absolute Gasteiger partial charge is 0.407 e. The Hall–Kier alpha value is -0.770. The Morgan fingerprint density at radius 3 is 1.41 bits per heavy atom. The first-order chi connectivity index (χ1) is 19.1. The first kappa shape index (κ1) is 38.2. The van der Waals surface area contributed by atoms with Gasteiger partial charge in [-0.3, -0.25) is 0 Å². The molecule has 0 unspecified atom stereocenters. The van der Waals surface area contributed by atoms with Crippen LogP contribution >= 0.6 is 0 Å². The maximum absolute atomic E-state index is 11.8. The van der Waals surface area contributed by atoms with Crippen LogP contribution in [0.2, 0.25) is 0 Å². The van der Waals surface area contributed by atoms with Crippen LogP contribution in [-0.2, 0) is 4.74 Å². The number of nitrogens with zero attached hydrogens (tertiary/aromatic N) is 1. The molecule has 4 nitrogen and oxygen atoms in total. The van der Waals surface area contributed by atoms with E-state index in [1.807, 2.05) is 0 Å². The zero-order chi connectivity index (χ0) is 28.7. The minimum atomic E-state index is -0.246. The van der Waals surface area contributed by atoms with E-state index < -0.39 is 0 Å². The lowest BCUT2D eigenvalue weighted by Gasteiger charge is -2.17. The molecule has 0 aromatic carbocycles. The van der Waals surface area contributed by atoms with Crippen molar-refractivity contribution in [3.8, 4) is 0 Å². The molecule has 0 heterocycles. The van der Waals surface area contributed by atoms with Gasteiger partial charge in [0.15, 0.2) is 0 Å². The minimum absolute atomic E-state index is 0.246. The Bertz CT molecular complexity index is 463. The van der Waals surface area contributed by atoms with Gasteiger partial charge in [0.05, 0.1) is 6.61 Å². The standard InChI is InChI=1S/C35H72N2O2/c1-5-7-9-11-13-15-18-22-28-34(29-23-19-16-14-12-10-8-6-2)30-24-20-17-21-27-33-39-35(38)36-31-25-26-32-37(3)4/h34H,5-33H2,1-4H3,(H,36,38). The lowest BCUT2D eigenvalue weighted by atomic mass is 9.89. The zero-order valence-corrected chi connectivity index (χ0v) is 27.3. The van der Waals surface area contributed by atoms with E-state index in [2.05, 4.69) is 38.2 Å². The van der Waals surface area contributed by atoms with Gasteiger partial charge in [-0.25, -0.2) is 4.79 Å². The van der Waals surface area contributed by atoms with Gasteiger partial charge >= 0.3 is 6.09 Å². The predicted molar refractivity (Wildman–Crippen MR) is 173 cm³/mol. The fourth-order valence-electron chi connectivity index (χ4n) is 5.59. The summed E-state index contributed by atoms with van der Waals surface area (Å²) in [4.78, 5) is 14.0. The molecule has 234 valence electrons. The molecule has 0 rings (SSSR count). The summed E-state index contributed by atoms with van der Waals surface area (Å²) in [6.45, 7) is 6.95. The average molecular weight is 553 g/mol. The second-order valence-electron chi connectivity index (χ2n) is 12.5. The lowest BCUT2D eigenvalue weighted by Crippen LogP contribution is -2.26. The second kappa shape index (κ2) is 31.8. The fraction of sp³-hybridized carbons (Fsp3) is 0.971. The van der Waals surface area contributed by atoms with Crippen molar-refractivity contribution in [1.29, 1.82) is 0 Å². The number of rotatable bonds is 31. The number of carbonyl (C=O) groups is 1. The highest BCUT2D eigenvalue weighted by atomic mass is 16.5. The summed E-state index contributed by atoms with van der Waals surface area (Å²) in [5, 5.41) is 2.87. The van der Waals surface area contributed by atoms with Crippen LogP contribution in [0.4, 0.5) is 4.79 Å². The van der Waals surface area contributed by atoms with E-state index in [0.29, 0.717) is 13.2 Å². The SMILES string of the molecule is CCCCCCCCCCC(CCCCCCCCCC)CCCCCCCOC(=O)NCCCCN(C)C. The highest BCUT2D eigenvalue weighted by Crippen LogP contribution is 2.25. The maximum atomic E-state index is 11.8. The van der Waals surface area contributed by atoms with E-state index in [4.69, 9.17) is 4.74 Å². The van der Waals surface area contributed by atoms with Crippen molar-refractivity contribution in [3.05, 3.63) is 0 Å². The monoisotopic (exact) mass is 553 g/mol. The summed E-state index contributed by atoms with van der Waals surface area (Å²) in [6.07, 6.45) is 35.3. The van der Waals surface area contributed by atoms with Crippen molar-refractivity contribution in [3.63, 3.8) is 0 Å². The van der Waals surface area contributed by atoms with Crippen molar-refractivity contribution >= 4 is 6.09 Å². The molecule has 39 heavy (non-hydrogen) atoms. The largest absolute Gasteiger partial charge is 0.450 e. The molecule has 0 atom stereocenters. The van der Waals surface area contributed by atoms with Crippen molar-refractivity contribution < 1.29 is 9.53 Å². The third-order valence-corrected chi connectivity index (χ3v) is 8.22. The third kappa shape index (κ3) is 31.6. The van der Waals surface area contributed by atoms with E-state index in [1.54, 1.807) is 0 Å². The Morgan fingerprint density at radius 2 is 0.974 bits per heavy atom. The van der Waals surface area contributed by atoms with Crippen molar-refractivity contribution in [2.45, 2.75) is 181 Å². The zero-order valence-electron chi connectivity index (χ0n) is 27.3. The second-order valence-corrected chi connectivity index (χ2v) is 12.5. The number of carbonyl (C=O) groups excluding carboxylic acids is 1. The average Bonchev–Trinajstić information content (AvgIpc) is 2.92. The molecular formula is C35H72N2O2. The van der Waals surface area contributed by atoms with Gasteiger partial charge in [-0.1, -0.05) is 162 Å². The Labute approximate surface area is 246 Å². The van der Waals surface area contributed by atoms with Crippen LogP contribution < -0.4 is 5.32 Å². The van der Waals surface area contributed by atoms with Crippen molar-refractivity contribution in [1.82, 2.24) is 10.2 Å². The number of amides is 1. The van der Waals surface area contributed by atoms with E-state index in [-0.39, 0.29) is 6.09 Å². The first-order valence-electron chi connectivity index (χ1n) is 17.7. The van der Waals surface area contributed by atoms with Crippen molar-refractivity contribution in [2.24, 2.45) is 5.92 Å². The van der Waals surface area contributed by atoms with Gasteiger partial charge in [-0.15, -0.1) is 0 Å². The quantitative estimate of drug-likeness (QED) is 0.0869. The molecule has 0 saturated heterocycles. The highest BCUT2D eigenvalue weighted by Gasteiger charge is 2.09. The Kier molecular flexibility index (Phi) is 31.1. The molecule has 0 fully saturated rings. The lowest BCUT2D eigenvalue weighted by molar-refractivity contribution is 0.143. The molecule has 0 saturated carbocycles. The predicted octanol–water partition coefficient (Wildman–Crippen LogP) is 11.1. The number of unbranched alkanes of at least 4 members (excludes halogenated alkanes) is 19. The highest BCUT2D eigenvalue weighted by molar-refractivity contribution is 5.66. The molecular weight excluding hydrogens is 480 g/mol. The van der Waals surface area contributed by atoms with Gasteiger partial charge in [0, 0.05) is 6.54 Å². The number of nitrogens with one attached hydrogen (secondary N) is 1. The van der Waals surface area contributed by atoms with Gasteiger partial charge < -0.3 is 15.0 Å². The van der Waals surface area contributed by atoms with E-state index in [1.165, 1.54) is 148 Å². The number of alkyl carbamates (subject to hydrolysis) is 1. The first-order valence-corrected chi connectivity index (χ1v) is 17.7. The van der Waals surface area contributed by atoms with E-state index >= 15 is 0 Å². The van der Waals surface area contributed by atoms with E-state index in [9.17, 15) is 4.79 Å². The van der Waals surface area contributed by atoms with Crippen LogP contribution in [0.5, 0.6) is 0 Å². The van der Waals surface area contributed by atoms with Crippen LogP contribution in [-0.4, -0.2) is 44.8 Å². The van der Waals surface area contributed by atoms with Gasteiger partial charge in [0.25, 0.3) is 0 Å². The number of ether oxygens (including phenoxy) is 1. The summed E-state index contributed by atoms with van der Waals surface area (Å²) >= 11 is 0. The molecule has 0 aromatic rings. The molecule has 1 amide bonds. The maximum Gasteiger partial charge on any atom is 0.407 e. The topological polar surface area (TPSA) is 41.6 Å². The molecule has 0 aliphatic heterocycles. The van der Waals surface area contributed by atoms with Crippen LogP contribution in [0, 0.1) is 5.92 Å². The van der Waals surface area contributed by atoms with Gasteiger partial charge in [-0.2, -0.15) is 0 Å². The minimum Gasteiger partial charge on any atom is -0.450 e. The molecule has 1 N–H and O–H groups in total. The van der Waals surface area contributed by atoms with Crippen LogP contribution in [0.1, 0.15) is 181 Å². The van der Waals surface area contributed by atoms with Gasteiger partial charge in [0.1, 0.15) is 0 Å². The number of hydrogen-bond acceptors (Lipinski definition) is 3. The molecule has 0 aromatic heterocycles. The van der Waals surface area contributed by atoms with Gasteiger partial charge in [0.2, 0.25) is 0 Å². The fourth-order valence-corrected chi connectivity index (χ4v) is 5.59. The normalized spacial score (nSPS) is 11.5. The summed E-state index contributed by atoms with van der Waals surface area (Å²) in [5.41, 5.74) is 0. The third-order valence-electron chi connectivity index (χ3n) is 8.22. The summed E-state index contributed by atoms with van der Waals surface area (Å²) < 4.78 is 5.34. The van der Waals surface area contributed by atoms with Crippen LogP contribution in [0.25, 0.3) is 0 Å². The molecule has 0 aliphatic carbocycles. The molecule has 0 radical (unpaired) electrons. The van der Waals surface area contributed by atoms with Crippen LogP contribution in [0.15, 0.2) is 0 Å². The summed E-state index contributed by atoms with van der Waals surface area (Å²) in [7, 11) is 4.16. The van der Waals surface area contributed by atoms with E-state index in [0.717, 1.165) is 31.7 Å². The Morgan fingerprint density at radius 1 is 0.564 bits per heavy atom. The molecule has 0 spiro atoms. The molecule has 4 heteroatoms. The number of hydrogen-bond donors (Lipinski definition) is 1. The van der Waals surface area contributed by atoms with Crippen LogP contribution in [0.3, 0.4) is 0 Å². The summed E-state index contributed by atoms with van der Waals surface area (Å²) in [5.74, 6) is 0.954. The summed E-state index contributed by atoms with van der Waals surface area (Å²) in [6, 6.07) is 0. The van der Waals surface area contributed by atoms with Gasteiger partial charge in [-0.05, 0) is 45.8 Å². The molecule has 0 aliphatic rings. The molecule has 0 bridgehead atoms. The Balaban J connectivity index is 3.88.